The molecule has 3 N–H and O–H groups in total. The number of nitrogens with one attached hydrogen (secondary N) is 1. The van der Waals surface area contributed by atoms with Crippen LogP contribution < -0.4 is 5.32 Å². The molecule has 0 bridgehead atoms. The minimum Gasteiger partial charge on any atom is -0.463 e. The van der Waals surface area contributed by atoms with E-state index in [1.54, 1.807) is 0 Å². The van der Waals surface area contributed by atoms with Crippen molar-refractivity contribution < 1.29 is 37.9 Å². The van der Waals surface area contributed by atoms with E-state index < -0.39 is 26.5 Å². The summed E-state index contributed by atoms with van der Waals surface area (Å²) in [5.74, 6) is -0.533. The molecule has 0 heterocycles. The van der Waals surface area contributed by atoms with E-state index in [0.29, 0.717) is 6.42 Å². The Bertz CT molecular complexity index is 954. The number of allylic oxidation sites excluding steroid dienone is 6. The summed E-state index contributed by atoms with van der Waals surface area (Å²) in [7, 11) is -4.42. The highest BCUT2D eigenvalue weighted by Crippen LogP contribution is 2.42. The van der Waals surface area contributed by atoms with Crippen molar-refractivity contribution in [2.75, 3.05) is 26.4 Å². The van der Waals surface area contributed by atoms with Crippen LogP contribution in [0.1, 0.15) is 187 Å². The molecule has 0 saturated heterocycles. The molecule has 0 aliphatic rings. The predicted octanol–water partition coefficient (Wildman–Crippen LogP) is 11.4. The van der Waals surface area contributed by atoms with Crippen LogP contribution in [-0.4, -0.2) is 54.3 Å². The molecule has 10 heteroatoms. The number of carbonyl (C=O) groups excluding carboxylic acids is 2. The lowest BCUT2D eigenvalue weighted by atomic mass is 10.1. The van der Waals surface area contributed by atoms with Gasteiger partial charge in [-0.25, -0.2) is 4.57 Å². The minimum absolute atomic E-state index is 0.0763. The van der Waals surface area contributed by atoms with Crippen molar-refractivity contribution in [2.45, 2.75) is 193 Å². The van der Waals surface area contributed by atoms with Crippen LogP contribution in [0.25, 0.3) is 0 Å². The van der Waals surface area contributed by atoms with Gasteiger partial charge in [-0.15, -0.1) is 0 Å². The van der Waals surface area contributed by atoms with Crippen LogP contribution in [0, 0.1) is 0 Å². The Kier molecular flexibility index (Phi) is 37.6. The van der Waals surface area contributed by atoms with Gasteiger partial charge in [0.05, 0.1) is 13.2 Å². The standard InChI is InChI=1S/C42H78NO8P/c1-3-5-7-9-11-13-15-17-18-19-20-21-23-25-27-29-31-33-35-42(46)49-38-40(44)39-51-52(47,48)50-37-36-43-41(45)34-32-30-28-26-24-22-16-14-12-10-8-6-4-2/h13-16,18-19,40,44H,3-12,17,20-39H2,1-2H3,(H,43,45)(H,47,48)/b15-13-,16-14-,19-18-. The number of ether oxygens (including phenoxy) is 1. The molecule has 2 atom stereocenters. The second-order valence-corrected chi connectivity index (χ2v) is 15.4. The zero-order valence-electron chi connectivity index (χ0n) is 33.3. The van der Waals surface area contributed by atoms with Crippen LogP contribution in [0.5, 0.6) is 0 Å². The van der Waals surface area contributed by atoms with E-state index in [4.69, 9.17) is 13.8 Å². The second-order valence-electron chi connectivity index (χ2n) is 14.0. The number of phosphoric acid groups is 1. The van der Waals surface area contributed by atoms with Crippen molar-refractivity contribution in [1.29, 1.82) is 0 Å². The van der Waals surface area contributed by atoms with Gasteiger partial charge in [0.15, 0.2) is 0 Å². The molecule has 0 fully saturated rings. The third kappa shape index (κ3) is 39.4. The summed E-state index contributed by atoms with van der Waals surface area (Å²) in [6.45, 7) is 3.50. The molecule has 0 aromatic carbocycles. The average molecular weight is 756 g/mol. The van der Waals surface area contributed by atoms with Gasteiger partial charge in [-0.3, -0.25) is 18.6 Å². The Balaban J connectivity index is 3.63. The Morgan fingerprint density at radius 1 is 0.596 bits per heavy atom. The largest absolute Gasteiger partial charge is 0.472 e. The highest BCUT2D eigenvalue weighted by atomic mass is 31.2. The minimum atomic E-state index is -4.42. The number of aliphatic hydroxyl groups is 1. The third-order valence-corrected chi connectivity index (χ3v) is 9.78. The highest BCUT2D eigenvalue weighted by molar-refractivity contribution is 7.47. The number of esters is 1. The van der Waals surface area contributed by atoms with E-state index in [1.807, 2.05) is 0 Å². The fourth-order valence-electron chi connectivity index (χ4n) is 5.58. The number of phosphoric ester groups is 1. The number of unbranched alkanes of at least 4 members (excludes halogenated alkanes) is 20. The van der Waals surface area contributed by atoms with Crippen LogP contribution in [0.2, 0.25) is 0 Å². The topological polar surface area (TPSA) is 131 Å². The Labute approximate surface area is 318 Å². The van der Waals surface area contributed by atoms with E-state index in [2.05, 4.69) is 55.6 Å². The Hall–Kier alpha value is -1.77. The Morgan fingerprint density at radius 3 is 1.56 bits per heavy atom. The summed E-state index contributed by atoms with van der Waals surface area (Å²) in [5, 5.41) is 12.7. The molecule has 0 aromatic heterocycles. The lowest BCUT2D eigenvalue weighted by Gasteiger charge is -2.15. The van der Waals surface area contributed by atoms with Crippen molar-refractivity contribution in [1.82, 2.24) is 5.32 Å². The fraction of sp³-hybridized carbons (Fsp3) is 0.810. The summed E-state index contributed by atoms with van der Waals surface area (Å²) < 4.78 is 26.8. The first kappa shape index (κ1) is 50.2. The first-order valence-electron chi connectivity index (χ1n) is 21.0. The SMILES string of the molecule is CCCCCC/C=C\C/C=C\CCCCCCCCCC(=O)OCC(O)COP(=O)(O)OCCNC(=O)CCCCCCC/C=C\CCCCCC. The van der Waals surface area contributed by atoms with Crippen LogP contribution in [-0.2, 0) is 27.9 Å². The molecule has 1 amide bonds. The van der Waals surface area contributed by atoms with Gasteiger partial charge in [0, 0.05) is 19.4 Å². The molecule has 2 unspecified atom stereocenters. The molecule has 0 saturated carbocycles. The van der Waals surface area contributed by atoms with Crippen LogP contribution in [0.3, 0.4) is 0 Å². The van der Waals surface area contributed by atoms with E-state index in [9.17, 15) is 24.2 Å². The lowest BCUT2D eigenvalue weighted by Crippen LogP contribution is -2.27. The number of amides is 1. The van der Waals surface area contributed by atoms with Crippen molar-refractivity contribution in [3.63, 3.8) is 0 Å². The van der Waals surface area contributed by atoms with Crippen LogP contribution in [0.15, 0.2) is 36.5 Å². The number of hydrogen-bond acceptors (Lipinski definition) is 7. The van der Waals surface area contributed by atoms with E-state index in [1.165, 1.54) is 89.9 Å². The van der Waals surface area contributed by atoms with Gasteiger partial charge < -0.3 is 20.1 Å². The van der Waals surface area contributed by atoms with Crippen molar-refractivity contribution >= 4 is 19.7 Å². The molecule has 52 heavy (non-hydrogen) atoms. The molecule has 0 aromatic rings. The monoisotopic (exact) mass is 756 g/mol. The summed E-state index contributed by atoms with van der Waals surface area (Å²) >= 11 is 0. The highest BCUT2D eigenvalue weighted by Gasteiger charge is 2.23. The molecule has 0 aliphatic carbocycles. The summed E-state index contributed by atoms with van der Waals surface area (Å²) in [6.07, 6.45) is 42.1. The van der Waals surface area contributed by atoms with Gasteiger partial charge in [-0.1, -0.05) is 140 Å². The first-order chi connectivity index (χ1) is 25.3. The average Bonchev–Trinajstić information content (AvgIpc) is 3.13. The van der Waals surface area contributed by atoms with E-state index in [0.717, 1.165) is 70.6 Å². The van der Waals surface area contributed by atoms with Crippen molar-refractivity contribution in [2.24, 2.45) is 0 Å². The van der Waals surface area contributed by atoms with Gasteiger partial charge in [-0.05, 0) is 70.6 Å². The summed E-state index contributed by atoms with van der Waals surface area (Å²) in [6, 6.07) is 0. The molecule has 0 rings (SSSR count). The van der Waals surface area contributed by atoms with Gasteiger partial charge in [0.1, 0.15) is 12.7 Å². The Morgan fingerprint density at radius 2 is 1.04 bits per heavy atom. The summed E-state index contributed by atoms with van der Waals surface area (Å²) in [5.41, 5.74) is 0. The molecule has 9 nitrogen and oxygen atoms in total. The van der Waals surface area contributed by atoms with Gasteiger partial charge >= 0.3 is 13.8 Å². The number of aliphatic hydroxyl groups excluding tert-OH is 1. The smallest absolute Gasteiger partial charge is 0.463 e. The van der Waals surface area contributed by atoms with E-state index >= 15 is 0 Å². The maximum absolute atomic E-state index is 12.1. The molecular weight excluding hydrogens is 677 g/mol. The van der Waals surface area contributed by atoms with Crippen LogP contribution >= 0.6 is 7.82 Å². The first-order valence-corrected chi connectivity index (χ1v) is 22.5. The van der Waals surface area contributed by atoms with Crippen molar-refractivity contribution in [3.05, 3.63) is 36.5 Å². The van der Waals surface area contributed by atoms with Gasteiger partial charge in [0.2, 0.25) is 5.91 Å². The fourth-order valence-corrected chi connectivity index (χ4v) is 6.34. The summed E-state index contributed by atoms with van der Waals surface area (Å²) in [4.78, 5) is 33.8. The maximum atomic E-state index is 12.1. The predicted molar refractivity (Wildman–Crippen MR) is 215 cm³/mol. The van der Waals surface area contributed by atoms with Crippen molar-refractivity contribution in [3.8, 4) is 0 Å². The third-order valence-electron chi connectivity index (χ3n) is 8.79. The second kappa shape index (κ2) is 38.9. The van der Waals surface area contributed by atoms with Gasteiger partial charge in [-0.2, -0.15) is 0 Å². The van der Waals surface area contributed by atoms with Gasteiger partial charge in [0.25, 0.3) is 0 Å². The molecule has 0 radical (unpaired) electrons. The number of rotatable bonds is 39. The van der Waals surface area contributed by atoms with E-state index in [-0.39, 0.29) is 32.1 Å². The molecule has 0 spiro atoms. The molecule has 304 valence electrons. The normalized spacial score (nSPS) is 13.7. The zero-order valence-corrected chi connectivity index (χ0v) is 34.1. The quantitative estimate of drug-likeness (QED) is 0.0244. The maximum Gasteiger partial charge on any atom is 0.472 e. The number of carbonyl (C=O) groups is 2. The lowest BCUT2D eigenvalue weighted by molar-refractivity contribution is -0.147. The molecular formula is C42H78NO8P. The molecule has 0 aliphatic heterocycles. The number of hydrogen-bond donors (Lipinski definition) is 3. The van der Waals surface area contributed by atoms with Crippen LogP contribution in [0.4, 0.5) is 0 Å². The zero-order chi connectivity index (χ0) is 38.2.